The smallest absolute Gasteiger partial charge is 0.122 e. The highest BCUT2D eigenvalue weighted by Crippen LogP contribution is 2.03. The van der Waals surface area contributed by atoms with E-state index >= 15 is 0 Å². The molecule has 0 aliphatic heterocycles. The van der Waals surface area contributed by atoms with Crippen LogP contribution in [-0.2, 0) is 6.42 Å². The molecular formula is C10H11FO. The van der Waals surface area contributed by atoms with Crippen molar-refractivity contribution in [3.63, 3.8) is 0 Å². The van der Waals surface area contributed by atoms with Gasteiger partial charge in [0.1, 0.15) is 5.83 Å². The number of hydrogen-bond donors (Lipinski definition) is 1. The summed E-state index contributed by atoms with van der Waals surface area (Å²) in [5, 5.41) is 8.37. The molecule has 12 heavy (non-hydrogen) atoms. The fraction of sp³-hybridized carbons (Fsp3) is 0.200. The molecule has 0 bridgehead atoms. The molecular weight excluding hydrogens is 155 g/mol. The van der Waals surface area contributed by atoms with Crippen LogP contribution in [0.15, 0.2) is 42.2 Å². The number of benzene rings is 1. The van der Waals surface area contributed by atoms with E-state index in [-0.39, 0.29) is 0 Å². The van der Waals surface area contributed by atoms with Gasteiger partial charge in [0.05, 0.1) is 6.61 Å². The molecule has 0 spiro atoms. The fourth-order valence-electron chi connectivity index (χ4n) is 0.907. The first-order valence-corrected chi connectivity index (χ1v) is 3.82. The molecule has 0 aliphatic carbocycles. The van der Waals surface area contributed by atoms with Crippen LogP contribution in [0.4, 0.5) is 4.39 Å². The number of aliphatic hydroxyl groups is 1. The van der Waals surface area contributed by atoms with E-state index < -0.39 is 12.4 Å². The van der Waals surface area contributed by atoms with Gasteiger partial charge >= 0.3 is 0 Å². The zero-order valence-electron chi connectivity index (χ0n) is 6.70. The third-order valence-electron chi connectivity index (χ3n) is 1.55. The van der Waals surface area contributed by atoms with Gasteiger partial charge in [0, 0.05) is 0 Å². The summed E-state index contributed by atoms with van der Waals surface area (Å²) >= 11 is 0. The third-order valence-corrected chi connectivity index (χ3v) is 1.55. The van der Waals surface area contributed by atoms with E-state index in [2.05, 4.69) is 0 Å². The van der Waals surface area contributed by atoms with Crippen LogP contribution in [0, 0.1) is 0 Å². The minimum atomic E-state index is -0.507. The van der Waals surface area contributed by atoms with Gasteiger partial charge in [-0.1, -0.05) is 30.3 Å². The maximum absolute atomic E-state index is 12.4. The highest BCUT2D eigenvalue weighted by atomic mass is 19.1. The Balaban J connectivity index is 2.54. The molecule has 0 heterocycles. The molecule has 0 saturated heterocycles. The van der Waals surface area contributed by atoms with E-state index in [4.69, 9.17) is 5.11 Å². The van der Waals surface area contributed by atoms with E-state index in [0.717, 1.165) is 5.56 Å². The summed E-state index contributed by atoms with van der Waals surface area (Å²) in [4.78, 5) is 0. The van der Waals surface area contributed by atoms with Crippen LogP contribution in [0.25, 0.3) is 0 Å². The maximum atomic E-state index is 12.4. The van der Waals surface area contributed by atoms with Crippen LogP contribution in [0.3, 0.4) is 0 Å². The van der Waals surface area contributed by atoms with Crippen molar-refractivity contribution in [1.29, 1.82) is 0 Å². The first-order chi connectivity index (χ1) is 5.83. The van der Waals surface area contributed by atoms with Crippen molar-refractivity contribution in [3.05, 3.63) is 47.8 Å². The molecule has 0 atom stereocenters. The maximum Gasteiger partial charge on any atom is 0.122 e. The van der Waals surface area contributed by atoms with Gasteiger partial charge < -0.3 is 5.11 Å². The molecule has 1 aromatic rings. The van der Waals surface area contributed by atoms with Gasteiger partial charge in [0.25, 0.3) is 0 Å². The molecule has 1 rings (SSSR count). The predicted octanol–water partition coefficient (Wildman–Crippen LogP) is 2.07. The van der Waals surface area contributed by atoms with Crippen molar-refractivity contribution in [2.45, 2.75) is 6.42 Å². The monoisotopic (exact) mass is 166 g/mol. The third kappa shape index (κ3) is 2.84. The van der Waals surface area contributed by atoms with Crippen molar-refractivity contribution in [1.82, 2.24) is 0 Å². The van der Waals surface area contributed by atoms with Gasteiger partial charge in [0.15, 0.2) is 0 Å². The van der Waals surface area contributed by atoms with E-state index in [1.165, 1.54) is 6.08 Å². The van der Waals surface area contributed by atoms with Crippen molar-refractivity contribution in [3.8, 4) is 0 Å². The number of allylic oxidation sites excluding steroid dienone is 1. The number of halogens is 1. The second-order valence-electron chi connectivity index (χ2n) is 2.50. The van der Waals surface area contributed by atoms with E-state index in [0.29, 0.717) is 6.42 Å². The van der Waals surface area contributed by atoms with E-state index in [9.17, 15) is 4.39 Å². The van der Waals surface area contributed by atoms with Crippen molar-refractivity contribution in [2.24, 2.45) is 0 Å². The second kappa shape index (κ2) is 4.67. The highest BCUT2D eigenvalue weighted by molar-refractivity contribution is 5.18. The number of rotatable bonds is 3. The molecule has 1 N–H and O–H groups in total. The first-order valence-electron chi connectivity index (χ1n) is 3.82. The Morgan fingerprint density at radius 1 is 1.33 bits per heavy atom. The van der Waals surface area contributed by atoms with Gasteiger partial charge in [-0.15, -0.1) is 0 Å². The van der Waals surface area contributed by atoms with Crippen LogP contribution in [0.1, 0.15) is 5.56 Å². The Kier molecular flexibility index (Phi) is 3.48. The quantitative estimate of drug-likeness (QED) is 0.728. The Morgan fingerprint density at radius 3 is 2.58 bits per heavy atom. The van der Waals surface area contributed by atoms with Crippen LogP contribution < -0.4 is 0 Å². The zero-order chi connectivity index (χ0) is 8.81. The lowest BCUT2D eigenvalue weighted by atomic mass is 10.1. The summed E-state index contributed by atoms with van der Waals surface area (Å²) in [6.07, 6.45) is 1.92. The lowest BCUT2D eigenvalue weighted by Gasteiger charge is -1.94. The van der Waals surface area contributed by atoms with Gasteiger partial charge in [-0.3, -0.25) is 0 Å². The topological polar surface area (TPSA) is 20.2 Å². The fourth-order valence-corrected chi connectivity index (χ4v) is 0.907. The van der Waals surface area contributed by atoms with Gasteiger partial charge in [-0.05, 0) is 18.1 Å². The molecule has 1 aromatic carbocycles. The summed E-state index contributed by atoms with van der Waals surface area (Å²) in [7, 11) is 0. The molecule has 0 aromatic heterocycles. The summed E-state index contributed by atoms with van der Waals surface area (Å²) < 4.78 is 12.4. The Labute approximate surface area is 71.2 Å². The Hall–Kier alpha value is -1.15. The molecule has 64 valence electrons. The van der Waals surface area contributed by atoms with Gasteiger partial charge in [0.2, 0.25) is 0 Å². The molecule has 0 radical (unpaired) electrons. The minimum Gasteiger partial charge on any atom is -0.389 e. The molecule has 0 amide bonds. The minimum absolute atomic E-state index is 0.473. The lowest BCUT2D eigenvalue weighted by Crippen LogP contribution is -1.85. The highest BCUT2D eigenvalue weighted by Gasteiger charge is 1.91. The van der Waals surface area contributed by atoms with Crippen LogP contribution in [0.5, 0.6) is 0 Å². The Morgan fingerprint density at radius 2 is 2.00 bits per heavy atom. The largest absolute Gasteiger partial charge is 0.389 e. The summed E-state index contributed by atoms with van der Waals surface area (Å²) in [6, 6.07) is 9.55. The zero-order valence-corrected chi connectivity index (χ0v) is 6.70. The van der Waals surface area contributed by atoms with Gasteiger partial charge in [-0.2, -0.15) is 0 Å². The van der Waals surface area contributed by atoms with Crippen molar-refractivity contribution in [2.75, 3.05) is 6.61 Å². The SMILES string of the molecule is OC/C(F)=C\Cc1ccccc1. The second-order valence-corrected chi connectivity index (χ2v) is 2.50. The number of hydrogen-bond acceptors (Lipinski definition) is 1. The lowest BCUT2D eigenvalue weighted by molar-refractivity contribution is 0.297. The molecule has 0 aliphatic rings. The average molecular weight is 166 g/mol. The predicted molar refractivity (Wildman–Crippen MR) is 46.4 cm³/mol. The van der Waals surface area contributed by atoms with Crippen molar-refractivity contribution < 1.29 is 9.50 Å². The average Bonchev–Trinajstić information content (AvgIpc) is 2.16. The van der Waals surface area contributed by atoms with Crippen LogP contribution in [-0.4, -0.2) is 11.7 Å². The Bertz CT molecular complexity index is 254. The molecule has 0 saturated carbocycles. The molecule has 1 nitrogen and oxygen atoms in total. The normalized spacial score (nSPS) is 11.7. The number of aliphatic hydroxyl groups excluding tert-OH is 1. The summed E-state index contributed by atoms with van der Waals surface area (Å²) in [5.74, 6) is -0.473. The molecule has 0 unspecified atom stereocenters. The summed E-state index contributed by atoms with van der Waals surface area (Å²) in [6.45, 7) is -0.507. The molecule has 2 heteroatoms. The summed E-state index contributed by atoms with van der Waals surface area (Å²) in [5.41, 5.74) is 1.04. The van der Waals surface area contributed by atoms with Crippen LogP contribution >= 0.6 is 0 Å². The van der Waals surface area contributed by atoms with Crippen LogP contribution in [0.2, 0.25) is 0 Å². The standard InChI is InChI=1S/C10H11FO/c11-10(8-12)7-6-9-4-2-1-3-5-9/h1-5,7,12H,6,8H2/b10-7+. The first kappa shape index (κ1) is 8.94. The molecule has 0 fully saturated rings. The van der Waals surface area contributed by atoms with E-state index in [1.807, 2.05) is 30.3 Å². The van der Waals surface area contributed by atoms with Crippen molar-refractivity contribution >= 4 is 0 Å². The van der Waals surface area contributed by atoms with Gasteiger partial charge in [-0.25, -0.2) is 4.39 Å². The van der Waals surface area contributed by atoms with E-state index in [1.54, 1.807) is 0 Å².